The molecular formula is C28H23ClFN3O3. The minimum Gasteiger partial charge on any atom is -0.486 e. The predicted octanol–water partition coefficient (Wildman–Crippen LogP) is 6.92. The molecule has 3 aromatic carbocycles. The molecular weight excluding hydrogens is 481 g/mol. The van der Waals surface area contributed by atoms with Crippen LogP contribution in [-0.4, -0.2) is 15.7 Å². The van der Waals surface area contributed by atoms with Gasteiger partial charge in [0.1, 0.15) is 23.9 Å². The van der Waals surface area contributed by atoms with Crippen LogP contribution in [0, 0.1) is 19.7 Å². The number of fused-ring (bicyclic) bond motifs is 1. The summed E-state index contributed by atoms with van der Waals surface area (Å²) in [6.45, 7) is 3.90. The maximum Gasteiger partial charge on any atom is 0.291 e. The first-order chi connectivity index (χ1) is 17.4. The number of anilines is 1. The van der Waals surface area contributed by atoms with Crippen LogP contribution in [0.25, 0.3) is 10.8 Å². The number of hydrogen-bond acceptors (Lipinski definition) is 4. The zero-order valence-electron chi connectivity index (χ0n) is 19.7. The summed E-state index contributed by atoms with van der Waals surface area (Å²) in [6.07, 6.45) is 0. The Hall–Kier alpha value is -4.10. The number of amides is 1. The number of benzene rings is 3. The maximum atomic E-state index is 14.2. The van der Waals surface area contributed by atoms with E-state index in [0.29, 0.717) is 39.2 Å². The molecule has 0 saturated carbocycles. The van der Waals surface area contributed by atoms with Crippen LogP contribution in [0.15, 0.2) is 77.2 Å². The van der Waals surface area contributed by atoms with Gasteiger partial charge in [-0.1, -0.05) is 48.0 Å². The number of nitrogens with one attached hydrogen (secondary N) is 1. The van der Waals surface area contributed by atoms with Gasteiger partial charge in [0.25, 0.3) is 5.91 Å². The Morgan fingerprint density at radius 3 is 2.67 bits per heavy atom. The van der Waals surface area contributed by atoms with Gasteiger partial charge in [-0.25, -0.2) is 4.39 Å². The fourth-order valence-corrected chi connectivity index (χ4v) is 4.25. The molecule has 2 heterocycles. The zero-order valence-corrected chi connectivity index (χ0v) is 20.5. The van der Waals surface area contributed by atoms with Gasteiger partial charge in [-0.15, -0.1) is 0 Å². The van der Waals surface area contributed by atoms with Crippen LogP contribution in [0.2, 0.25) is 5.02 Å². The number of ether oxygens (including phenoxy) is 1. The molecule has 0 radical (unpaired) electrons. The lowest BCUT2D eigenvalue weighted by Crippen LogP contribution is -2.13. The van der Waals surface area contributed by atoms with E-state index in [0.717, 1.165) is 10.8 Å². The number of rotatable bonds is 7. The van der Waals surface area contributed by atoms with E-state index in [-0.39, 0.29) is 18.9 Å². The van der Waals surface area contributed by atoms with Crippen LogP contribution in [0.4, 0.5) is 10.1 Å². The largest absolute Gasteiger partial charge is 0.486 e. The molecule has 0 atom stereocenters. The van der Waals surface area contributed by atoms with E-state index in [9.17, 15) is 9.18 Å². The van der Waals surface area contributed by atoms with Crippen molar-refractivity contribution in [3.8, 4) is 5.75 Å². The molecule has 5 rings (SSSR count). The second-order valence-corrected chi connectivity index (χ2v) is 8.83. The molecule has 0 aliphatic rings. The molecule has 1 N–H and O–H groups in total. The Morgan fingerprint density at radius 2 is 1.86 bits per heavy atom. The minimum absolute atomic E-state index is 0.144. The molecule has 0 spiro atoms. The molecule has 2 aromatic heterocycles. The van der Waals surface area contributed by atoms with E-state index in [4.69, 9.17) is 20.8 Å². The summed E-state index contributed by atoms with van der Waals surface area (Å²) in [6, 6.07) is 21.7. The fraction of sp³-hybridized carbons (Fsp3) is 0.143. The molecule has 0 bridgehead atoms. The monoisotopic (exact) mass is 503 g/mol. The van der Waals surface area contributed by atoms with Gasteiger partial charge in [-0.2, -0.15) is 5.10 Å². The lowest BCUT2D eigenvalue weighted by Gasteiger charge is -2.09. The first-order valence-corrected chi connectivity index (χ1v) is 11.8. The zero-order chi connectivity index (χ0) is 25.2. The van der Waals surface area contributed by atoms with E-state index in [2.05, 4.69) is 10.4 Å². The van der Waals surface area contributed by atoms with Gasteiger partial charge in [0.05, 0.1) is 23.6 Å². The van der Waals surface area contributed by atoms with Crippen molar-refractivity contribution in [3.05, 3.63) is 112 Å². The SMILES string of the molecule is Cc1nn(Cc2c(F)cccc2Cl)c(C)c1NC(=O)c1ccc(COc2ccc3ccccc3c2)o1. The van der Waals surface area contributed by atoms with Crippen LogP contribution < -0.4 is 10.1 Å². The predicted molar refractivity (Wildman–Crippen MR) is 137 cm³/mol. The van der Waals surface area contributed by atoms with Crippen molar-refractivity contribution in [2.75, 3.05) is 5.32 Å². The second kappa shape index (κ2) is 9.87. The minimum atomic E-state index is -0.415. The highest BCUT2D eigenvalue weighted by molar-refractivity contribution is 6.31. The Balaban J connectivity index is 1.26. The number of furan rings is 1. The summed E-state index contributed by atoms with van der Waals surface area (Å²) in [4.78, 5) is 12.9. The third-order valence-electron chi connectivity index (χ3n) is 5.98. The van der Waals surface area contributed by atoms with Crippen LogP contribution in [0.3, 0.4) is 0 Å². The van der Waals surface area contributed by atoms with Crippen LogP contribution in [0.5, 0.6) is 5.75 Å². The van der Waals surface area contributed by atoms with E-state index in [1.807, 2.05) is 42.5 Å². The van der Waals surface area contributed by atoms with Gasteiger partial charge >= 0.3 is 0 Å². The van der Waals surface area contributed by atoms with E-state index in [1.165, 1.54) is 6.07 Å². The van der Waals surface area contributed by atoms with Crippen molar-refractivity contribution in [2.45, 2.75) is 27.0 Å². The third kappa shape index (κ3) is 4.83. The van der Waals surface area contributed by atoms with Gasteiger partial charge in [0, 0.05) is 10.6 Å². The van der Waals surface area contributed by atoms with Gasteiger partial charge in [0.15, 0.2) is 5.76 Å². The van der Waals surface area contributed by atoms with Crippen molar-refractivity contribution < 1.29 is 18.3 Å². The highest BCUT2D eigenvalue weighted by Crippen LogP contribution is 2.26. The second-order valence-electron chi connectivity index (χ2n) is 8.42. The van der Waals surface area contributed by atoms with Gasteiger partial charge in [-0.3, -0.25) is 9.48 Å². The molecule has 0 aliphatic heterocycles. The van der Waals surface area contributed by atoms with E-state index in [1.54, 1.807) is 42.8 Å². The van der Waals surface area contributed by atoms with Gasteiger partial charge < -0.3 is 14.5 Å². The summed E-state index contributed by atoms with van der Waals surface area (Å²) in [5.41, 5.74) is 2.15. The average Bonchev–Trinajstić information content (AvgIpc) is 3.45. The number of nitrogens with zero attached hydrogens (tertiary/aromatic N) is 2. The summed E-state index contributed by atoms with van der Waals surface area (Å²) in [5.74, 6) is 0.559. The van der Waals surface area contributed by atoms with E-state index >= 15 is 0 Å². The molecule has 0 unspecified atom stereocenters. The van der Waals surface area contributed by atoms with Crippen molar-refractivity contribution >= 4 is 34.0 Å². The fourth-order valence-electron chi connectivity index (χ4n) is 4.03. The summed E-state index contributed by atoms with van der Waals surface area (Å²) in [7, 11) is 0. The Morgan fingerprint density at radius 1 is 1.06 bits per heavy atom. The van der Waals surface area contributed by atoms with Crippen molar-refractivity contribution in [2.24, 2.45) is 0 Å². The first kappa shape index (κ1) is 23.6. The normalized spacial score (nSPS) is 11.1. The number of aromatic nitrogens is 2. The smallest absolute Gasteiger partial charge is 0.291 e. The summed E-state index contributed by atoms with van der Waals surface area (Å²) < 4.78 is 27.4. The molecule has 0 aliphatic carbocycles. The van der Waals surface area contributed by atoms with Crippen LogP contribution in [-0.2, 0) is 13.2 Å². The number of carbonyl (C=O) groups is 1. The van der Waals surface area contributed by atoms with Crippen LogP contribution >= 0.6 is 11.6 Å². The van der Waals surface area contributed by atoms with Gasteiger partial charge in [0.2, 0.25) is 0 Å². The van der Waals surface area contributed by atoms with Crippen molar-refractivity contribution in [1.82, 2.24) is 9.78 Å². The average molecular weight is 504 g/mol. The molecule has 1 amide bonds. The lowest BCUT2D eigenvalue weighted by molar-refractivity contribution is 0.0992. The van der Waals surface area contributed by atoms with Gasteiger partial charge in [-0.05, 0) is 61.0 Å². The standard InChI is InChI=1S/C28H23ClFN3O3/c1-17-27(18(2)33(32-17)15-23-24(29)8-5-9-25(23)30)31-28(34)26-13-12-22(36-26)16-35-21-11-10-19-6-3-4-7-20(19)14-21/h3-14H,15-16H2,1-2H3,(H,31,34). The molecule has 6 nitrogen and oxygen atoms in total. The summed E-state index contributed by atoms with van der Waals surface area (Å²) in [5, 5.41) is 9.84. The quantitative estimate of drug-likeness (QED) is 0.262. The number of halogens is 2. The first-order valence-electron chi connectivity index (χ1n) is 11.4. The maximum absolute atomic E-state index is 14.2. The molecule has 0 fully saturated rings. The molecule has 5 aromatic rings. The van der Waals surface area contributed by atoms with E-state index < -0.39 is 11.7 Å². The lowest BCUT2D eigenvalue weighted by atomic mass is 10.1. The highest BCUT2D eigenvalue weighted by atomic mass is 35.5. The number of aryl methyl sites for hydroxylation is 1. The third-order valence-corrected chi connectivity index (χ3v) is 6.33. The van der Waals surface area contributed by atoms with Crippen LogP contribution in [0.1, 0.15) is 33.3 Å². The topological polar surface area (TPSA) is 69.3 Å². The van der Waals surface area contributed by atoms with Crippen molar-refractivity contribution in [1.29, 1.82) is 0 Å². The Kier molecular flexibility index (Phi) is 6.48. The summed E-state index contributed by atoms with van der Waals surface area (Å²) >= 11 is 6.16. The molecule has 182 valence electrons. The molecule has 8 heteroatoms. The Bertz CT molecular complexity index is 1550. The highest BCUT2D eigenvalue weighted by Gasteiger charge is 2.19. The number of hydrogen-bond donors (Lipinski definition) is 1. The Labute approximate surface area is 212 Å². The van der Waals surface area contributed by atoms with Crippen molar-refractivity contribution in [3.63, 3.8) is 0 Å². The molecule has 0 saturated heterocycles. The number of carbonyl (C=O) groups excluding carboxylic acids is 1. The molecule has 36 heavy (non-hydrogen) atoms.